The lowest BCUT2D eigenvalue weighted by Crippen LogP contribution is -2.18. The average molecular weight is 221 g/mol. The van der Waals surface area contributed by atoms with Gasteiger partial charge in [0.2, 0.25) is 0 Å². The molecule has 16 heavy (non-hydrogen) atoms. The summed E-state index contributed by atoms with van der Waals surface area (Å²) in [6.07, 6.45) is 1.56. The van der Waals surface area contributed by atoms with Crippen molar-refractivity contribution in [3.8, 4) is 5.75 Å². The van der Waals surface area contributed by atoms with E-state index in [1.807, 2.05) is 0 Å². The summed E-state index contributed by atoms with van der Waals surface area (Å²) in [5, 5.41) is 0. The smallest absolute Gasteiger partial charge is 0.123 e. The zero-order chi connectivity index (χ0) is 11.4. The maximum Gasteiger partial charge on any atom is 0.123 e. The van der Waals surface area contributed by atoms with Crippen molar-refractivity contribution in [2.75, 3.05) is 6.61 Å². The Morgan fingerprint density at radius 1 is 1.25 bits per heavy atom. The summed E-state index contributed by atoms with van der Waals surface area (Å²) >= 11 is 0. The third kappa shape index (κ3) is 2.61. The summed E-state index contributed by atoms with van der Waals surface area (Å²) in [5.74, 6) is 0.966. The van der Waals surface area contributed by atoms with E-state index in [1.54, 1.807) is 30.5 Å². The highest BCUT2D eigenvalue weighted by molar-refractivity contribution is 5.22. The molecule has 2 N–H and O–H groups in total. The fourth-order valence-electron chi connectivity index (χ4n) is 1.30. The van der Waals surface area contributed by atoms with E-state index in [-0.39, 0.29) is 11.9 Å². The van der Waals surface area contributed by atoms with E-state index >= 15 is 0 Å². The molecule has 0 amide bonds. The van der Waals surface area contributed by atoms with Crippen LogP contribution in [0.3, 0.4) is 0 Å². The molecule has 0 bridgehead atoms. The van der Waals surface area contributed by atoms with Gasteiger partial charge in [-0.15, -0.1) is 0 Å². The van der Waals surface area contributed by atoms with Gasteiger partial charge in [-0.1, -0.05) is 0 Å². The Balaban J connectivity index is 1.90. The number of rotatable bonds is 4. The lowest BCUT2D eigenvalue weighted by Gasteiger charge is -2.10. The molecule has 0 saturated heterocycles. The van der Waals surface area contributed by atoms with Gasteiger partial charge in [0.15, 0.2) is 0 Å². The Kier molecular flexibility index (Phi) is 3.22. The van der Waals surface area contributed by atoms with E-state index in [1.165, 1.54) is 12.1 Å². The molecule has 2 aromatic rings. The molecule has 3 nitrogen and oxygen atoms in total. The molecule has 0 aliphatic rings. The van der Waals surface area contributed by atoms with Crippen molar-refractivity contribution in [3.05, 3.63) is 54.2 Å². The van der Waals surface area contributed by atoms with Crippen LogP contribution in [0.2, 0.25) is 0 Å². The minimum atomic E-state index is -0.319. The Morgan fingerprint density at radius 3 is 2.62 bits per heavy atom. The molecule has 0 radical (unpaired) electrons. The molecule has 0 saturated carbocycles. The fraction of sp³-hybridized carbons (Fsp3) is 0.167. The van der Waals surface area contributed by atoms with E-state index in [0.29, 0.717) is 18.1 Å². The van der Waals surface area contributed by atoms with Crippen LogP contribution >= 0.6 is 0 Å². The highest BCUT2D eigenvalue weighted by atomic mass is 19.1. The largest absolute Gasteiger partial charge is 0.491 e. The number of nitrogens with two attached hydrogens (primary N) is 1. The summed E-state index contributed by atoms with van der Waals surface area (Å²) in [6, 6.07) is 9.04. The number of ether oxygens (including phenoxy) is 1. The number of hydrogen-bond acceptors (Lipinski definition) is 3. The van der Waals surface area contributed by atoms with Gasteiger partial charge in [0, 0.05) is 0 Å². The number of halogens is 1. The summed E-state index contributed by atoms with van der Waals surface area (Å²) in [7, 11) is 0. The second kappa shape index (κ2) is 4.81. The third-order valence-corrected chi connectivity index (χ3v) is 2.15. The molecular formula is C12H12FNO2. The maximum atomic E-state index is 12.6. The predicted molar refractivity (Wildman–Crippen MR) is 57.5 cm³/mol. The van der Waals surface area contributed by atoms with Crippen LogP contribution in [0.15, 0.2) is 47.1 Å². The van der Waals surface area contributed by atoms with Crippen molar-refractivity contribution in [1.82, 2.24) is 0 Å². The maximum absolute atomic E-state index is 12.6. The summed E-state index contributed by atoms with van der Waals surface area (Å²) in [6.45, 7) is 0.291. The van der Waals surface area contributed by atoms with E-state index < -0.39 is 0 Å². The third-order valence-electron chi connectivity index (χ3n) is 2.15. The molecule has 0 fully saturated rings. The molecule has 84 valence electrons. The van der Waals surface area contributed by atoms with E-state index in [2.05, 4.69) is 0 Å². The Bertz CT molecular complexity index is 425. The SMILES string of the molecule is NC(COc1ccc(F)cc1)c1ccco1. The summed E-state index contributed by atoms with van der Waals surface area (Å²) < 4.78 is 23.1. The van der Waals surface area contributed by atoms with Gasteiger partial charge < -0.3 is 14.9 Å². The number of benzene rings is 1. The van der Waals surface area contributed by atoms with Gasteiger partial charge in [-0.05, 0) is 36.4 Å². The van der Waals surface area contributed by atoms with Crippen molar-refractivity contribution in [1.29, 1.82) is 0 Å². The average Bonchev–Trinajstić information content (AvgIpc) is 2.81. The molecule has 1 aromatic heterocycles. The van der Waals surface area contributed by atoms with Crippen LogP contribution in [0, 0.1) is 5.82 Å². The van der Waals surface area contributed by atoms with Crippen LogP contribution in [-0.4, -0.2) is 6.61 Å². The molecule has 4 heteroatoms. The van der Waals surface area contributed by atoms with E-state index in [4.69, 9.17) is 14.9 Å². The number of furan rings is 1. The predicted octanol–water partition coefficient (Wildman–Crippen LogP) is 2.50. The van der Waals surface area contributed by atoms with Gasteiger partial charge in [0.05, 0.1) is 12.3 Å². The van der Waals surface area contributed by atoms with Crippen LogP contribution in [0.4, 0.5) is 4.39 Å². The molecule has 0 aliphatic heterocycles. The quantitative estimate of drug-likeness (QED) is 0.862. The molecule has 1 aromatic carbocycles. The first-order valence-corrected chi connectivity index (χ1v) is 4.93. The lowest BCUT2D eigenvalue weighted by molar-refractivity contribution is 0.272. The Morgan fingerprint density at radius 2 is 2.00 bits per heavy atom. The highest BCUT2D eigenvalue weighted by Gasteiger charge is 2.09. The van der Waals surface area contributed by atoms with E-state index in [0.717, 1.165) is 0 Å². The van der Waals surface area contributed by atoms with Gasteiger partial charge in [0.1, 0.15) is 23.9 Å². The van der Waals surface area contributed by atoms with Crippen LogP contribution in [0.25, 0.3) is 0 Å². The molecule has 0 spiro atoms. The van der Waals surface area contributed by atoms with Crippen LogP contribution in [0.5, 0.6) is 5.75 Å². The molecule has 2 rings (SSSR count). The van der Waals surface area contributed by atoms with Gasteiger partial charge in [-0.2, -0.15) is 0 Å². The normalized spacial score (nSPS) is 12.4. The van der Waals surface area contributed by atoms with Gasteiger partial charge in [0.25, 0.3) is 0 Å². The van der Waals surface area contributed by atoms with Crippen molar-refractivity contribution >= 4 is 0 Å². The molecule has 1 atom stereocenters. The first kappa shape index (κ1) is 10.7. The fourth-order valence-corrected chi connectivity index (χ4v) is 1.30. The first-order chi connectivity index (χ1) is 7.75. The van der Waals surface area contributed by atoms with Crippen LogP contribution < -0.4 is 10.5 Å². The van der Waals surface area contributed by atoms with Gasteiger partial charge in [-0.3, -0.25) is 0 Å². The van der Waals surface area contributed by atoms with Crippen molar-refractivity contribution in [3.63, 3.8) is 0 Å². The number of hydrogen-bond donors (Lipinski definition) is 1. The Labute approximate surface area is 92.6 Å². The van der Waals surface area contributed by atoms with Crippen molar-refractivity contribution in [2.45, 2.75) is 6.04 Å². The molecular weight excluding hydrogens is 209 g/mol. The van der Waals surface area contributed by atoms with Gasteiger partial charge >= 0.3 is 0 Å². The molecule has 1 heterocycles. The van der Waals surface area contributed by atoms with Crippen molar-refractivity contribution in [2.24, 2.45) is 5.73 Å². The zero-order valence-electron chi connectivity index (χ0n) is 8.60. The topological polar surface area (TPSA) is 48.4 Å². The lowest BCUT2D eigenvalue weighted by atomic mass is 10.2. The standard InChI is InChI=1S/C12H12FNO2/c13-9-3-5-10(6-4-9)16-8-11(14)12-2-1-7-15-12/h1-7,11H,8,14H2. The zero-order valence-corrected chi connectivity index (χ0v) is 8.60. The second-order valence-corrected chi connectivity index (χ2v) is 3.39. The van der Waals surface area contributed by atoms with Crippen molar-refractivity contribution < 1.29 is 13.5 Å². The minimum absolute atomic E-state index is 0.289. The first-order valence-electron chi connectivity index (χ1n) is 4.93. The minimum Gasteiger partial charge on any atom is -0.491 e. The van der Waals surface area contributed by atoms with Gasteiger partial charge in [-0.25, -0.2) is 4.39 Å². The summed E-state index contributed by atoms with van der Waals surface area (Å²) in [5.41, 5.74) is 5.82. The van der Waals surface area contributed by atoms with E-state index in [9.17, 15) is 4.39 Å². The van der Waals surface area contributed by atoms with Crippen LogP contribution in [0.1, 0.15) is 11.8 Å². The second-order valence-electron chi connectivity index (χ2n) is 3.39. The molecule has 0 aliphatic carbocycles. The molecule has 1 unspecified atom stereocenters. The Hall–Kier alpha value is -1.81. The highest BCUT2D eigenvalue weighted by Crippen LogP contribution is 2.15. The monoisotopic (exact) mass is 221 g/mol. The van der Waals surface area contributed by atoms with Crippen LogP contribution in [-0.2, 0) is 0 Å². The summed E-state index contributed by atoms with van der Waals surface area (Å²) in [4.78, 5) is 0.